The summed E-state index contributed by atoms with van der Waals surface area (Å²) in [5.74, 6) is 0.925. The summed E-state index contributed by atoms with van der Waals surface area (Å²) in [4.78, 5) is 14.4. The van der Waals surface area contributed by atoms with Crippen LogP contribution in [0.1, 0.15) is 31.7 Å². The lowest BCUT2D eigenvalue weighted by molar-refractivity contribution is -0.135. The van der Waals surface area contributed by atoms with Gasteiger partial charge in [0.1, 0.15) is 0 Å². The van der Waals surface area contributed by atoms with Gasteiger partial charge in [0.2, 0.25) is 5.91 Å². The number of hydrogen-bond acceptors (Lipinski definition) is 2. The predicted octanol–water partition coefficient (Wildman–Crippen LogP) is 3.39. The van der Waals surface area contributed by atoms with Gasteiger partial charge in [-0.2, -0.15) is 0 Å². The van der Waals surface area contributed by atoms with E-state index < -0.39 is 0 Å². The number of nitrogens with two attached hydrogens (primary N) is 1. The molecule has 1 heterocycles. The summed E-state index contributed by atoms with van der Waals surface area (Å²) in [7, 11) is 0. The fraction of sp³-hybridized carbons (Fsp3) is 0.562. The molecule has 0 bridgehead atoms. The van der Waals surface area contributed by atoms with Crippen LogP contribution >= 0.6 is 28.3 Å². The fourth-order valence-corrected chi connectivity index (χ4v) is 3.11. The molecule has 0 aromatic heterocycles. The number of carbonyl (C=O) groups is 1. The van der Waals surface area contributed by atoms with Crippen molar-refractivity contribution in [2.24, 2.45) is 11.7 Å². The Morgan fingerprint density at radius 3 is 2.67 bits per heavy atom. The lowest BCUT2D eigenvalue weighted by Gasteiger charge is -2.38. The van der Waals surface area contributed by atoms with Crippen LogP contribution in [-0.2, 0) is 11.2 Å². The van der Waals surface area contributed by atoms with Gasteiger partial charge < -0.3 is 10.6 Å². The summed E-state index contributed by atoms with van der Waals surface area (Å²) < 4.78 is 1.07. The highest BCUT2D eigenvalue weighted by molar-refractivity contribution is 9.10. The maximum absolute atomic E-state index is 12.4. The second-order valence-electron chi connectivity index (χ2n) is 5.73. The van der Waals surface area contributed by atoms with Crippen molar-refractivity contribution in [3.63, 3.8) is 0 Å². The Morgan fingerprint density at radius 2 is 2.05 bits per heavy atom. The first-order valence-corrected chi connectivity index (χ1v) is 8.13. The van der Waals surface area contributed by atoms with Gasteiger partial charge >= 0.3 is 0 Å². The van der Waals surface area contributed by atoms with Gasteiger partial charge in [0.15, 0.2) is 0 Å². The Hall–Kier alpha value is -0.580. The van der Waals surface area contributed by atoms with Gasteiger partial charge in [0, 0.05) is 30.0 Å². The van der Waals surface area contributed by atoms with E-state index in [0.717, 1.165) is 30.3 Å². The Kier molecular flexibility index (Phi) is 7.71. The lowest BCUT2D eigenvalue weighted by atomic mass is 9.92. The monoisotopic (exact) mass is 374 g/mol. The average molecular weight is 376 g/mol. The molecule has 0 aliphatic carbocycles. The van der Waals surface area contributed by atoms with Gasteiger partial charge in [-0.1, -0.05) is 35.0 Å². The summed E-state index contributed by atoms with van der Waals surface area (Å²) in [5, 5.41) is 0. The van der Waals surface area contributed by atoms with Gasteiger partial charge in [-0.15, -0.1) is 12.4 Å². The molecule has 2 atom stereocenters. The molecule has 118 valence electrons. The van der Waals surface area contributed by atoms with Crippen LogP contribution in [0.25, 0.3) is 0 Å². The van der Waals surface area contributed by atoms with Crippen LogP contribution in [-0.4, -0.2) is 29.9 Å². The normalized spacial score (nSPS) is 21.8. The van der Waals surface area contributed by atoms with Crippen LogP contribution in [0.2, 0.25) is 0 Å². The lowest BCUT2D eigenvalue weighted by Crippen LogP contribution is -2.49. The van der Waals surface area contributed by atoms with Crippen LogP contribution in [0.3, 0.4) is 0 Å². The van der Waals surface area contributed by atoms with E-state index >= 15 is 0 Å². The average Bonchev–Trinajstić information content (AvgIpc) is 2.46. The number of halogens is 2. The first kappa shape index (κ1) is 18.5. The zero-order chi connectivity index (χ0) is 14.5. The molecule has 3 nitrogen and oxygen atoms in total. The van der Waals surface area contributed by atoms with Crippen LogP contribution in [0.15, 0.2) is 28.7 Å². The number of hydrogen-bond donors (Lipinski definition) is 1. The summed E-state index contributed by atoms with van der Waals surface area (Å²) >= 11 is 3.42. The van der Waals surface area contributed by atoms with Crippen LogP contribution in [0.5, 0.6) is 0 Å². The van der Waals surface area contributed by atoms with Crippen LogP contribution in [0, 0.1) is 5.92 Å². The smallest absolute Gasteiger partial charge is 0.223 e. The molecule has 1 aromatic carbocycles. The summed E-state index contributed by atoms with van der Waals surface area (Å²) in [6.45, 7) is 3.68. The Labute approximate surface area is 141 Å². The minimum atomic E-state index is 0. The van der Waals surface area contributed by atoms with E-state index in [9.17, 15) is 4.79 Å². The highest BCUT2D eigenvalue weighted by Gasteiger charge is 2.28. The number of aryl methyl sites for hydroxylation is 1. The molecule has 2 N–H and O–H groups in total. The van der Waals surface area contributed by atoms with Crippen molar-refractivity contribution in [2.45, 2.75) is 38.6 Å². The van der Waals surface area contributed by atoms with E-state index in [4.69, 9.17) is 5.73 Å². The number of amides is 1. The van der Waals surface area contributed by atoms with Crippen molar-refractivity contribution in [3.8, 4) is 0 Å². The third-order valence-electron chi connectivity index (χ3n) is 4.11. The van der Waals surface area contributed by atoms with Crippen molar-refractivity contribution in [1.82, 2.24) is 4.90 Å². The summed E-state index contributed by atoms with van der Waals surface area (Å²) in [6.07, 6.45) is 3.52. The van der Waals surface area contributed by atoms with Crippen molar-refractivity contribution >= 4 is 34.2 Å². The molecule has 1 fully saturated rings. The Bertz CT molecular complexity index is 452. The minimum Gasteiger partial charge on any atom is -0.338 e. The fourth-order valence-electron chi connectivity index (χ4n) is 2.85. The van der Waals surface area contributed by atoms with Crippen molar-refractivity contribution in [1.29, 1.82) is 0 Å². The third-order valence-corrected chi connectivity index (χ3v) is 4.64. The standard InChI is InChI=1S/C16H23BrN2O.ClH/c1-12-8-9-19(15(10-12)11-18)16(20)7-4-13-2-5-14(17)6-3-13;/h2-3,5-6,12,15H,4,7-11,18H2,1H3;1H. The molecule has 0 spiro atoms. The van der Waals surface area contributed by atoms with Gasteiger partial charge in [-0.25, -0.2) is 0 Å². The van der Waals surface area contributed by atoms with Crippen molar-refractivity contribution < 1.29 is 4.79 Å². The molecule has 0 saturated carbocycles. The van der Waals surface area contributed by atoms with Gasteiger partial charge in [-0.3, -0.25) is 4.79 Å². The number of carbonyl (C=O) groups excluding carboxylic acids is 1. The number of benzene rings is 1. The molecule has 1 aliphatic heterocycles. The molecule has 21 heavy (non-hydrogen) atoms. The molecule has 5 heteroatoms. The molecule has 1 aliphatic rings. The molecular formula is C16H24BrClN2O. The highest BCUT2D eigenvalue weighted by Crippen LogP contribution is 2.23. The first-order chi connectivity index (χ1) is 9.60. The SMILES string of the molecule is CC1CCN(C(=O)CCc2ccc(Br)cc2)C(CN)C1.Cl. The van der Waals surface area contributed by atoms with E-state index in [-0.39, 0.29) is 24.4 Å². The van der Waals surface area contributed by atoms with Crippen LogP contribution < -0.4 is 5.73 Å². The second kappa shape index (κ2) is 8.76. The number of likely N-dealkylation sites (tertiary alicyclic amines) is 1. The van der Waals surface area contributed by atoms with Crippen LogP contribution in [0.4, 0.5) is 0 Å². The number of nitrogens with zero attached hydrogens (tertiary/aromatic N) is 1. The molecule has 2 rings (SSSR count). The molecule has 0 radical (unpaired) electrons. The topological polar surface area (TPSA) is 46.3 Å². The molecule has 1 amide bonds. The maximum Gasteiger partial charge on any atom is 0.223 e. The van der Waals surface area contributed by atoms with Crippen molar-refractivity contribution in [3.05, 3.63) is 34.3 Å². The van der Waals surface area contributed by atoms with E-state index in [2.05, 4.69) is 35.0 Å². The number of piperidine rings is 1. The van der Waals surface area contributed by atoms with Gasteiger partial charge in [0.25, 0.3) is 0 Å². The maximum atomic E-state index is 12.4. The highest BCUT2D eigenvalue weighted by atomic mass is 79.9. The van der Waals surface area contributed by atoms with Gasteiger partial charge in [0.05, 0.1) is 0 Å². The molecule has 2 unspecified atom stereocenters. The molecule has 1 aromatic rings. The molecule has 1 saturated heterocycles. The van der Waals surface area contributed by atoms with E-state index in [1.807, 2.05) is 17.0 Å². The molecular weight excluding hydrogens is 352 g/mol. The van der Waals surface area contributed by atoms with Crippen molar-refractivity contribution in [2.75, 3.05) is 13.1 Å². The van der Waals surface area contributed by atoms with E-state index in [1.165, 1.54) is 5.56 Å². The Morgan fingerprint density at radius 1 is 1.38 bits per heavy atom. The quantitative estimate of drug-likeness (QED) is 0.877. The Balaban J connectivity index is 0.00000220. The minimum absolute atomic E-state index is 0. The van der Waals surface area contributed by atoms with E-state index in [0.29, 0.717) is 18.9 Å². The zero-order valence-electron chi connectivity index (χ0n) is 12.4. The predicted molar refractivity (Wildman–Crippen MR) is 92.7 cm³/mol. The third kappa shape index (κ3) is 5.28. The number of rotatable bonds is 4. The first-order valence-electron chi connectivity index (χ1n) is 7.34. The zero-order valence-corrected chi connectivity index (χ0v) is 14.8. The summed E-state index contributed by atoms with van der Waals surface area (Å²) in [6, 6.07) is 8.40. The largest absolute Gasteiger partial charge is 0.338 e. The van der Waals surface area contributed by atoms with E-state index in [1.54, 1.807) is 0 Å². The van der Waals surface area contributed by atoms with Gasteiger partial charge in [-0.05, 0) is 42.9 Å². The summed E-state index contributed by atoms with van der Waals surface area (Å²) in [5.41, 5.74) is 7.02. The second-order valence-corrected chi connectivity index (χ2v) is 6.65.